The van der Waals surface area contributed by atoms with Gasteiger partial charge in [0.25, 0.3) is 5.60 Å². The van der Waals surface area contributed by atoms with Crippen LogP contribution in [0, 0.1) is 48.9 Å². The molecule has 0 aromatic carbocycles. The van der Waals surface area contributed by atoms with Gasteiger partial charge in [0, 0.05) is 32.7 Å². The third-order valence-electron chi connectivity index (χ3n) is 6.86. The maximum absolute atomic E-state index is 13.0. The van der Waals surface area contributed by atoms with Crippen molar-refractivity contribution in [1.29, 1.82) is 0 Å². The summed E-state index contributed by atoms with van der Waals surface area (Å²) in [6, 6.07) is 0. The Morgan fingerprint density at radius 1 is 1.00 bits per heavy atom. The zero-order valence-electron chi connectivity index (χ0n) is 14.9. The summed E-state index contributed by atoms with van der Waals surface area (Å²) in [5.41, 5.74) is -4.61. The summed E-state index contributed by atoms with van der Waals surface area (Å²) in [6.07, 6.45) is -8.87. The molecule has 3 aliphatic carbocycles. The minimum absolute atomic E-state index is 0. The summed E-state index contributed by atoms with van der Waals surface area (Å²) in [7, 11) is 0. The van der Waals surface area contributed by atoms with E-state index in [1.165, 1.54) is 0 Å². The molecular formula is C18H25F6OY-. The van der Waals surface area contributed by atoms with Crippen LogP contribution in [-0.4, -0.2) is 23.1 Å². The van der Waals surface area contributed by atoms with Gasteiger partial charge in [0.15, 0.2) is 0 Å². The van der Waals surface area contributed by atoms with Crippen molar-refractivity contribution in [2.24, 2.45) is 41.4 Å². The third kappa shape index (κ3) is 3.54. The van der Waals surface area contributed by atoms with Gasteiger partial charge in [-0.15, -0.1) is 6.58 Å². The summed E-state index contributed by atoms with van der Waals surface area (Å²) in [5.74, 6) is 0.354. The third-order valence-corrected chi connectivity index (χ3v) is 6.86. The first-order valence-corrected chi connectivity index (χ1v) is 8.39. The largest absolute Gasteiger partial charge is 0.426 e. The maximum Gasteiger partial charge on any atom is 0.426 e. The van der Waals surface area contributed by atoms with Gasteiger partial charge in [-0.3, -0.25) is 0 Å². The Morgan fingerprint density at radius 2 is 1.54 bits per heavy atom. The molecule has 0 aromatic heterocycles. The zero-order valence-corrected chi connectivity index (χ0v) is 17.8. The predicted octanol–water partition coefficient (Wildman–Crippen LogP) is 5.41. The fourth-order valence-corrected chi connectivity index (χ4v) is 6.03. The Balaban J connectivity index is 0.00000169. The van der Waals surface area contributed by atoms with Gasteiger partial charge in [0.05, 0.1) is 0 Å². The summed E-state index contributed by atoms with van der Waals surface area (Å²) < 4.78 is 77.8. The van der Waals surface area contributed by atoms with E-state index in [9.17, 15) is 31.4 Å². The second kappa shape index (κ2) is 7.66. The number of aliphatic hydroxyl groups is 1. The monoisotopic (exact) mass is 460 g/mol. The smallest absolute Gasteiger partial charge is 0.374 e. The van der Waals surface area contributed by atoms with Gasteiger partial charge in [-0.1, -0.05) is 13.0 Å². The average molecular weight is 460 g/mol. The minimum atomic E-state index is -5.71. The molecule has 3 rings (SSSR count). The normalized spacial score (nSPS) is 39.2. The first-order chi connectivity index (χ1) is 10.9. The van der Waals surface area contributed by atoms with E-state index in [4.69, 9.17) is 0 Å². The van der Waals surface area contributed by atoms with E-state index in [2.05, 4.69) is 6.58 Å². The van der Waals surface area contributed by atoms with Gasteiger partial charge in [0.2, 0.25) is 0 Å². The number of alkyl halides is 6. The molecule has 0 aliphatic heterocycles. The Morgan fingerprint density at radius 3 is 2.00 bits per heavy atom. The fraction of sp³-hybridized carbons (Fsp3) is 0.833. The Labute approximate surface area is 175 Å². The molecule has 3 saturated carbocycles. The summed E-state index contributed by atoms with van der Waals surface area (Å²) in [4.78, 5) is 0. The van der Waals surface area contributed by atoms with E-state index in [-0.39, 0.29) is 63.8 Å². The molecule has 0 amide bonds. The Hall–Kier alpha value is 0.384. The molecule has 149 valence electrons. The molecule has 26 heavy (non-hydrogen) atoms. The number of rotatable bonds is 3. The van der Waals surface area contributed by atoms with Crippen LogP contribution in [-0.2, 0) is 32.7 Å². The van der Waals surface area contributed by atoms with Gasteiger partial charge in [0.1, 0.15) is 0 Å². The standard InChI is InChI=1S/C17H22F6O.CH3.Y/c1-3-9-4-8(2)13-12-6-10(14(9)13)5-11(12)7-15(24,16(18,19)20)17(21,22)23;;/h3,8-14,24H,1,4-7H2,2H3;1H3;/q;-1;. The van der Waals surface area contributed by atoms with Gasteiger partial charge >= 0.3 is 12.4 Å². The van der Waals surface area contributed by atoms with Gasteiger partial charge < -0.3 is 12.5 Å². The van der Waals surface area contributed by atoms with Crippen molar-refractivity contribution in [2.75, 3.05) is 0 Å². The molecule has 7 atom stereocenters. The van der Waals surface area contributed by atoms with Gasteiger partial charge in [-0.25, -0.2) is 0 Å². The first kappa shape index (κ1) is 24.4. The van der Waals surface area contributed by atoms with Gasteiger partial charge in [-0.2, -0.15) is 26.3 Å². The average Bonchev–Trinajstić information content (AvgIpc) is 3.07. The molecular weight excluding hydrogens is 435 g/mol. The molecule has 8 heteroatoms. The van der Waals surface area contributed by atoms with Crippen molar-refractivity contribution in [3.63, 3.8) is 0 Å². The van der Waals surface area contributed by atoms with E-state index < -0.39 is 30.3 Å². The molecule has 7 unspecified atom stereocenters. The van der Waals surface area contributed by atoms with Crippen molar-refractivity contribution < 1.29 is 64.2 Å². The molecule has 1 N–H and O–H groups in total. The van der Waals surface area contributed by atoms with Gasteiger partial charge in [-0.05, 0) is 67.1 Å². The van der Waals surface area contributed by atoms with Crippen LogP contribution < -0.4 is 0 Å². The molecule has 0 spiro atoms. The van der Waals surface area contributed by atoms with Crippen molar-refractivity contribution in [1.82, 2.24) is 0 Å². The van der Waals surface area contributed by atoms with E-state index in [0.717, 1.165) is 6.42 Å². The fourth-order valence-electron chi connectivity index (χ4n) is 6.03. The van der Waals surface area contributed by atoms with Crippen LogP contribution >= 0.6 is 0 Å². The molecule has 0 saturated heterocycles. The van der Waals surface area contributed by atoms with Crippen LogP contribution in [0.1, 0.15) is 32.6 Å². The van der Waals surface area contributed by atoms with Crippen molar-refractivity contribution >= 4 is 0 Å². The molecule has 0 aromatic rings. The summed E-state index contributed by atoms with van der Waals surface area (Å²) in [6.45, 7) is 5.85. The predicted molar refractivity (Wildman–Crippen MR) is 82.2 cm³/mol. The Kier molecular flexibility index (Phi) is 7.20. The van der Waals surface area contributed by atoms with E-state index in [1.807, 2.05) is 13.0 Å². The number of fused-ring (bicyclic) bond motifs is 5. The molecule has 2 bridgehead atoms. The topological polar surface area (TPSA) is 20.2 Å². The quantitative estimate of drug-likeness (QED) is 0.339. The molecule has 1 radical (unpaired) electrons. The van der Waals surface area contributed by atoms with Crippen LogP contribution in [0.4, 0.5) is 26.3 Å². The summed E-state index contributed by atoms with van der Waals surface area (Å²) >= 11 is 0. The number of hydrogen-bond acceptors (Lipinski definition) is 1. The number of hydrogen-bond donors (Lipinski definition) is 1. The van der Waals surface area contributed by atoms with Crippen LogP contribution in [0.25, 0.3) is 0 Å². The second-order valence-electron chi connectivity index (χ2n) is 7.98. The van der Waals surface area contributed by atoms with Crippen LogP contribution in [0.5, 0.6) is 0 Å². The van der Waals surface area contributed by atoms with E-state index in [0.29, 0.717) is 24.7 Å². The number of halogens is 6. The van der Waals surface area contributed by atoms with Crippen LogP contribution in [0.2, 0.25) is 0 Å². The van der Waals surface area contributed by atoms with E-state index in [1.54, 1.807) is 0 Å². The Bertz CT molecular complexity index is 503. The first-order valence-electron chi connectivity index (χ1n) is 8.39. The summed E-state index contributed by atoms with van der Waals surface area (Å²) in [5, 5.41) is 9.51. The minimum Gasteiger partial charge on any atom is -0.374 e. The second-order valence-corrected chi connectivity index (χ2v) is 7.98. The van der Waals surface area contributed by atoms with Crippen LogP contribution in [0.15, 0.2) is 12.7 Å². The van der Waals surface area contributed by atoms with Crippen LogP contribution in [0.3, 0.4) is 0 Å². The van der Waals surface area contributed by atoms with E-state index >= 15 is 0 Å². The number of allylic oxidation sites excluding steroid dienone is 1. The molecule has 1 nitrogen and oxygen atoms in total. The van der Waals surface area contributed by atoms with Crippen molar-refractivity contribution in [2.45, 2.75) is 50.6 Å². The zero-order chi connectivity index (χ0) is 18.1. The van der Waals surface area contributed by atoms with Crippen molar-refractivity contribution in [3.05, 3.63) is 20.1 Å². The maximum atomic E-state index is 13.0. The molecule has 0 heterocycles. The van der Waals surface area contributed by atoms with Crippen molar-refractivity contribution in [3.8, 4) is 0 Å². The SMILES string of the molecule is C=CC1CC(C)C2C3CC(CC3CC(O)(C(F)(F)F)C(F)(F)F)C12.[CH3-].[Y]. The molecule has 3 aliphatic rings. The molecule has 3 fully saturated rings.